The molecule has 1 atom stereocenters. The fraction of sp³-hybridized carbons (Fsp3) is 0.192. The van der Waals surface area contributed by atoms with E-state index in [2.05, 4.69) is 18.2 Å². The van der Waals surface area contributed by atoms with Crippen LogP contribution in [0.2, 0.25) is 0 Å². The molecule has 5 rings (SSSR count). The van der Waals surface area contributed by atoms with Crippen LogP contribution in [0.3, 0.4) is 0 Å². The van der Waals surface area contributed by atoms with Crippen LogP contribution >= 0.6 is 0 Å². The Labute approximate surface area is 181 Å². The normalized spacial score (nSPS) is 15.4. The number of benzene rings is 3. The summed E-state index contributed by atoms with van der Waals surface area (Å²) < 4.78 is 13.3. The van der Waals surface area contributed by atoms with E-state index in [1.165, 1.54) is 0 Å². The molecule has 5 heteroatoms. The first-order valence-electron chi connectivity index (χ1n) is 10.4. The lowest BCUT2D eigenvalue weighted by molar-refractivity contribution is 0.0986. The zero-order chi connectivity index (χ0) is 21.5. The third kappa shape index (κ3) is 2.88. The summed E-state index contributed by atoms with van der Waals surface area (Å²) in [6, 6.07) is 23.5. The molecule has 0 radical (unpaired) electrons. The van der Waals surface area contributed by atoms with Crippen LogP contribution in [0.1, 0.15) is 34.6 Å². The molecule has 31 heavy (non-hydrogen) atoms. The molecule has 0 aliphatic carbocycles. The molecule has 0 N–H and O–H groups in total. The third-order valence-corrected chi connectivity index (χ3v) is 5.96. The van der Waals surface area contributed by atoms with E-state index in [9.17, 15) is 4.79 Å². The molecule has 1 aliphatic rings. The largest absolute Gasteiger partial charge is 0.497 e. The van der Waals surface area contributed by atoms with E-state index >= 15 is 0 Å². The molecule has 0 fully saturated rings. The number of para-hydroxylation sites is 2. The van der Waals surface area contributed by atoms with Crippen LogP contribution in [-0.4, -0.2) is 24.2 Å². The fourth-order valence-corrected chi connectivity index (χ4v) is 4.62. The SMILES string of the molecule is CCOc1ccccc1C1c2c(n(C)c3ccccc23)C(=O)N1c1ccc(OC)cc1. The van der Waals surface area contributed by atoms with Gasteiger partial charge in [-0.05, 0) is 43.3 Å². The van der Waals surface area contributed by atoms with E-state index in [1.807, 2.05) is 78.0 Å². The van der Waals surface area contributed by atoms with Crippen molar-refractivity contribution in [3.63, 3.8) is 0 Å². The number of amides is 1. The van der Waals surface area contributed by atoms with Crippen molar-refractivity contribution in [3.05, 3.63) is 89.6 Å². The molecule has 1 aromatic heterocycles. The minimum atomic E-state index is -0.287. The summed E-state index contributed by atoms with van der Waals surface area (Å²) in [6.07, 6.45) is 0. The number of carbonyl (C=O) groups excluding carboxylic acids is 1. The average Bonchev–Trinajstić information content (AvgIpc) is 3.27. The van der Waals surface area contributed by atoms with E-state index < -0.39 is 0 Å². The minimum Gasteiger partial charge on any atom is -0.497 e. The molecule has 1 unspecified atom stereocenters. The molecular formula is C26H24N2O3. The molecule has 1 aliphatic heterocycles. The van der Waals surface area contributed by atoms with E-state index in [-0.39, 0.29) is 11.9 Å². The van der Waals surface area contributed by atoms with Crippen molar-refractivity contribution in [2.75, 3.05) is 18.6 Å². The number of aryl methyl sites for hydroxylation is 1. The number of hydrogen-bond acceptors (Lipinski definition) is 3. The summed E-state index contributed by atoms with van der Waals surface area (Å²) >= 11 is 0. The first-order chi connectivity index (χ1) is 15.2. The second kappa shape index (κ2) is 7.51. The van der Waals surface area contributed by atoms with E-state index in [1.54, 1.807) is 7.11 Å². The Bertz CT molecular complexity index is 1270. The molecule has 0 bridgehead atoms. The van der Waals surface area contributed by atoms with Crippen molar-refractivity contribution in [3.8, 4) is 11.5 Å². The summed E-state index contributed by atoms with van der Waals surface area (Å²) in [7, 11) is 3.60. The van der Waals surface area contributed by atoms with Gasteiger partial charge >= 0.3 is 0 Å². The van der Waals surface area contributed by atoms with Gasteiger partial charge in [0.25, 0.3) is 5.91 Å². The van der Waals surface area contributed by atoms with Gasteiger partial charge in [-0.1, -0.05) is 36.4 Å². The number of anilines is 1. The number of fused-ring (bicyclic) bond motifs is 3. The first-order valence-corrected chi connectivity index (χ1v) is 10.4. The van der Waals surface area contributed by atoms with Crippen LogP contribution in [0.25, 0.3) is 10.9 Å². The second-order valence-corrected chi connectivity index (χ2v) is 7.59. The first kappa shape index (κ1) is 19.2. The van der Waals surface area contributed by atoms with Crippen LogP contribution in [0.15, 0.2) is 72.8 Å². The van der Waals surface area contributed by atoms with Crippen LogP contribution in [0.5, 0.6) is 11.5 Å². The van der Waals surface area contributed by atoms with Crippen molar-refractivity contribution < 1.29 is 14.3 Å². The summed E-state index contributed by atoms with van der Waals surface area (Å²) in [5, 5.41) is 1.08. The van der Waals surface area contributed by atoms with E-state index in [0.29, 0.717) is 12.3 Å². The van der Waals surface area contributed by atoms with Gasteiger partial charge < -0.3 is 14.0 Å². The van der Waals surface area contributed by atoms with Gasteiger partial charge in [0.05, 0.1) is 19.8 Å². The van der Waals surface area contributed by atoms with Gasteiger partial charge in [-0.2, -0.15) is 0 Å². The highest BCUT2D eigenvalue weighted by molar-refractivity contribution is 6.15. The highest BCUT2D eigenvalue weighted by atomic mass is 16.5. The van der Waals surface area contributed by atoms with Crippen molar-refractivity contribution >= 4 is 22.5 Å². The molecule has 1 amide bonds. The number of carbonyl (C=O) groups is 1. The number of rotatable bonds is 5. The Hall–Kier alpha value is -3.73. The zero-order valence-corrected chi connectivity index (χ0v) is 17.8. The van der Waals surface area contributed by atoms with Gasteiger partial charge in [0, 0.05) is 34.8 Å². The summed E-state index contributed by atoms with van der Waals surface area (Å²) in [5.41, 5.74) is 4.58. The molecule has 0 spiro atoms. The number of nitrogens with zero attached hydrogens (tertiary/aromatic N) is 2. The lowest BCUT2D eigenvalue weighted by atomic mass is 9.96. The van der Waals surface area contributed by atoms with Crippen LogP contribution in [0, 0.1) is 0 Å². The lowest BCUT2D eigenvalue weighted by Gasteiger charge is -2.28. The van der Waals surface area contributed by atoms with E-state index in [0.717, 1.165) is 39.2 Å². The number of ether oxygens (including phenoxy) is 2. The van der Waals surface area contributed by atoms with Crippen LogP contribution in [-0.2, 0) is 7.05 Å². The highest BCUT2D eigenvalue weighted by Gasteiger charge is 2.43. The number of methoxy groups -OCH3 is 1. The smallest absolute Gasteiger partial charge is 0.276 e. The zero-order valence-electron chi connectivity index (χ0n) is 17.8. The maximum absolute atomic E-state index is 13.8. The van der Waals surface area contributed by atoms with Crippen molar-refractivity contribution in [1.29, 1.82) is 0 Å². The molecule has 156 valence electrons. The maximum atomic E-state index is 13.8. The predicted molar refractivity (Wildman–Crippen MR) is 122 cm³/mol. The summed E-state index contributed by atoms with van der Waals surface area (Å²) in [6.45, 7) is 2.53. The molecular weight excluding hydrogens is 388 g/mol. The molecule has 0 saturated carbocycles. The van der Waals surface area contributed by atoms with Gasteiger partial charge in [0.1, 0.15) is 17.2 Å². The van der Waals surface area contributed by atoms with E-state index in [4.69, 9.17) is 9.47 Å². The van der Waals surface area contributed by atoms with Gasteiger partial charge in [-0.3, -0.25) is 9.69 Å². The Morgan fingerprint density at radius 3 is 2.39 bits per heavy atom. The standard InChI is InChI=1S/C26H24N2O3/c1-4-31-22-12-8-6-10-20(22)24-23-19-9-5-7-11-21(19)27(2)25(23)26(29)28(24)17-13-15-18(30-3)16-14-17/h5-16,24H,4H2,1-3H3. The summed E-state index contributed by atoms with van der Waals surface area (Å²) in [5.74, 6) is 1.53. The van der Waals surface area contributed by atoms with Gasteiger partial charge in [0.15, 0.2) is 0 Å². The topological polar surface area (TPSA) is 43.7 Å². The molecule has 5 nitrogen and oxygen atoms in total. The number of hydrogen-bond donors (Lipinski definition) is 0. The van der Waals surface area contributed by atoms with Gasteiger partial charge in [0.2, 0.25) is 0 Å². The van der Waals surface area contributed by atoms with Crippen molar-refractivity contribution in [1.82, 2.24) is 4.57 Å². The minimum absolute atomic E-state index is 0.0184. The highest BCUT2D eigenvalue weighted by Crippen LogP contribution is 2.48. The molecule has 0 saturated heterocycles. The third-order valence-electron chi connectivity index (χ3n) is 5.96. The molecule has 4 aromatic rings. The monoisotopic (exact) mass is 412 g/mol. The summed E-state index contributed by atoms with van der Waals surface area (Å²) in [4.78, 5) is 15.7. The van der Waals surface area contributed by atoms with Crippen LogP contribution < -0.4 is 14.4 Å². The van der Waals surface area contributed by atoms with Gasteiger partial charge in [-0.15, -0.1) is 0 Å². The Kier molecular flexibility index (Phi) is 4.66. The molecule has 3 aromatic carbocycles. The second-order valence-electron chi connectivity index (χ2n) is 7.59. The van der Waals surface area contributed by atoms with Crippen LogP contribution in [0.4, 0.5) is 5.69 Å². The lowest BCUT2D eigenvalue weighted by Crippen LogP contribution is -2.30. The molecule has 2 heterocycles. The maximum Gasteiger partial charge on any atom is 0.276 e. The Balaban J connectivity index is 1.78. The van der Waals surface area contributed by atoms with Gasteiger partial charge in [-0.25, -0.2) is 0 Å². The Morgan fingerprint density at radius 1 is 0.935 bits per heavy atom. The van der Waals surface area contributed by atoms with Crippen molar-refractivity contribution in [2.45, 2.75) is 13.0 Å². The quantitative estimate of drug-likeness (QED) is 0.445. The predicted octanol–water partition coefficient (Wildman–Crippen LogP) is 5.34. The Morgan fingerprint density at radius 2 is 1.65 bits per heavy atom. The fourth-order valence-electron chi connectivity index (χ4n) is 4.62. The average molecular weight is 412 g/mol. The number of aromatic nitrogens is 1. The van der Waals surface area contributed by atoms with Crippen molar-refractivity contribution in [2.24, 2.45) is 7.05 Å².